The lowest BCUT2D eigenvalue weighted by molar-refractivity contribution is -0.144. The molecule has 0 fully saturated rings. The fourth-order valence-corrected chi connectivity index (χ4v) is 2.20. The van der Waals surface area contributed by atoms with E-state index in [2.05, 4.69) is 10.6 Å². The van der Waals surface area contributed by atoms with Crippen LogP contribution in [0.15, 0.2) is 18.2 Å². The number of carboxylic acids is 1. The average molecular weight is 299 g/mol. The molecule has 6 heteroatoms. The number of hydrogen-bond donors (Lipinski definition) is 3. The Hall–Kier alpha value is -1.75. The van der Waals surface area contributed by atoms with Gasteiger partial charge in [0, 0.05) is 0 Å². The summed E-state index contributed by atoms with van der Waals surface area (Å²) in [6, 6.07) is 4.67. The summed E-state index contributed by atoms with van der Waals surface area (Å²) in [6.07, 6.45) is 0.599. The number of rotatable bonds is 5. The first kappa shape index (κ1) is 16.3. The lowest BCUT2D eigenvalue weighted by atomic mass is 9.93. The molecule has 0 aliphatic rings. The van der Waals surface area contributed by atoms with Crippen molar-refractivity contribution in [3.8, 4) is 0 Å². The van der Waals surface area contributed by atoms with Crippen LogP contribution < -0.4 is 10.6 Å². The van der Waals surface area contributed by atoms with E-state index in [-0.39, 0.29) is 0 Å². The minimum atomic E-state index is -1.26. The molecule has 0 saturated heterocycles. The Bertz CT molecular complexity index is 493. The molecule has 20 heavy (non-hydrogen) atoms. The van der Waals surface area contributed by atoms with E-state index in [1.165, 1.54) is 0 Å². The van der Waals surface area contributed by atoms with E-state index in [1.54, 1.807) is 26.0 Å². The van der Waals surface area contributed by atoms with Gasteiger partial charge in [0.05, 0.1) is 10.7 Å². The van der Waals surface area contributed by atoms with Crippen LogP contribution in [0.25, 0.3) is 0 Å². The van der Waals surface area contributed by atoms with E-state index in [9.17, 15) is 14.7 Å². The third-order valence-corrected chi connectivity index (χ3v) is 3.74. The Morgan fingerprint density at radius 3 is 2.35 bits per heavy atom. The van der Waals surface area contributed by atoms with Gasteiger partial charge in [0.15, 0.2) is 0 Å². The monoisotopic (exact) mass is 298 g/mol. The molecule has 0 spiro atoms. The SMILES string of the molecule is CCC(CC)(NC(=O)Nc1c(C)cccc1Cl)C(=O)O. The highest BCUT2D eigenvalue weighted by Crippen LogP contribution is 2.25. The van der Waals surface area contributed by atoms with E-state index in [4.69, 9.17) is 11.6 Å². The predicted octanol–water partition coefficient (Wildman–Crippen LogP) is 3.41. The number of aryl methyl sites for hydroxylation is 1. The van der Waals surface area contributed by atoms with Crippen LogP contribution in [0.4, 0.5) is 10.5 Å². The summed E-state index contributed by atoms with van der Waals surface area (Å²) in [6.45, 7) is 5.25. The number of nitrogens with one attached hydrogen (secondary N) is 2. The fraction of sp³-hybridized carbons (Fsp3) is 0.429. The number of aliphatic carboxylic acids is 1. The van der Waals surface area contributed by atoms with Crippen LogP contribution in [0, 0.1) is 6.92 Å². The molecule has 0 heterocycles. The van der Waals surface area contributed by atoms with Crippen LogP contribution in [-0.2, 0) is 4.79 Å². The van der Waals surface area contributed by atoms with Gasteiger partial charge in [0.25, 0.3) is 0 Å². The van der Waals surface area contributed by atoms with Crippen molar-refractivity contribution in [2.75, 3.05) is 5.32 Å². The zero-order chi connectivity index (χ0) is 15.3. The first-order chi connectivity index (χ1) is 9.36. The van der Waals surface area contributed by atoms with Crippen molar-refractivity contribution in [1.29, 1.82) is 0 Å². The molecule has 0 atom stereocenters. The molecule has 3 N–H and O–H groups in total. The number of hydrogen-bond acceptors (Lipinski definition) is 2. The van der Waals surface area contributed by atoms with Crippen molar-refractivity contribution in [3.63, 3.8) is 0 Å². The summed E-state index contributed by atoms with van der Waals surface area (Å²) in [5, 5.41) is 14.8. The summed E-state index contributed by atoms with van der Waals surface area (Å²) in [7, 11) is 0. The smallest absolute Gasteiger partial charge is 0.329 e. The van der Waals surface area contributed by atoms with Gasteiger partial charge in [0.2, 0.25) is 0 Å². The van der Waals surface area contributed by atoms with E-state index < -0.39 is 17.5 Å². The van der Waals surface area contributed by atoms with Crippen LogP contribution in [0.3, 0.4) is 0 Å². The van der Waals surface area contributed by atoms with Crippen molar-refractivity contribution in [3.05, 3.63) is 28.8 Å². The molecular formula is C14H19ClN2O3. The number of amides is 2. The molecule has 2 amide bonds. The Labute approximate surface area is 123 Å². The van der Waals surface area contributed by atoms with E-state index >= 15 is 0 Å². The van der Waals surface area contributed by atoms with Gasteiger partial charge in [-0.25, -0.2) is 9.59 Å². The van der Waals surface area contributed by atoms with Gasteiger partial charge >= 0.3 is 12.0 Å². The Morgan fingerprint density at radius 1 is 1.30 bits per heavy atom. The van der Waals surface area contributed by atoms with Crippen molar-refractivity contribution in [1.82, 2.24) is 5.32 Å². The van der Waals surface area contributed by atoms with Crippen molar-refractivity contribution in [2.24, 2.45) is 0 Å². The highest BCUT2D eigenvalue weighted by atomic mass is 35.5. The van der Waals surface area contributed by atoms with Crippen LogP contribution in [0.5, 0.6) is 0 Å². The number of carbonyl (C=O) groups excluding carboxylic acids is 1. The number of para-hydroxylation sites is 1. The van der Waals surface area contributed by atoms with Crippen LogP contribution in [0.1, 0.15) is 32.3 Å². The molecular weight excluding hydrogens is 280 g/mol. The fourth-order valence-electron chi connectivity index (χ4n) is 1.94. The molecule has 1 aromatic carbocycles. The molecule has 5 nitrogen and oxygen atoms in total. The average Bonchev–Trinajstić information content (AvgIpc) is 2.40. The lowest BCUT2D eigenvalue weighted by Gasteiger charge is -2.28. The minimum absolute atomic E-state index is 0.299. The van der Waals surface area contributed by atoms with E-state index in [0.29, 0.717) is 23.6 Å². The summed E-state index contributed by atoms with van der Waals surface area (Å²) in [5.41, 5.74) is 0.0268. The summed E-state index contributed by atoms with van der Waals surface area (Å²) >= 11 is 6.02. The van der Waals surface area contributed by atoms with E-state index in [0.717, 1.165) is 5.56 Å². The molecule has 0 aromatic heterocycles. The highest BCUT2D eigenvalue weighted by Gasteiger charge is 2.36. The maximum absolute atomic E-state index is 12.0. The number of urea groups is 1. The largest absolute Gasteiger partial charge is 0.480 e. The van der Waals surface area contributed by atoms with Crippen LogP contribution in [-0.4, -0.2) is 22.6 Å². The van der Waals surface area contributed by atoms with Gasteiger partial charge in [-0.15, -0.1) is 0 Å². The second-order valence-corrected chi connectivity index (χ2v) is 5.01. The summed E-state index contributed by atoms with van der Waals surface area (Å²) in [4.78, 5) is 23.3. The van der Waals surface area contributed by atoms with Crippen molar-refractivity contribution >= 4 is 29.3 Å². The number of carbonyl (C=O) groups is 2. The van der Waals surface area contributed by atoms with Gasteiger partial charge in [-0.3, -0.25) is 0 Å². The zero-order valence-electron chi connectivity index (χ0n) is 11.8. The first-order valence-electron chi connectivity index (χ1n) is 6.44. The third-order valence-electron chi connectivity index (χ3n) is 3.43. The first-order valence-corrected chi connectivity index (χ1v) is 6.81. The molecule has 0 radical (unpaired) electrons. The minimum Gasteiger partial charge on any atom is -0.480 e. The molecule has 0 bridgehead atoms. The molecule has 110 valence electrons. The number of halogens is 1. The van der Waals surface area contributed by atoms with Gasteiger partial charge in [-0.1, -0.05) is 37.6 Å². The van der Waals surface area contributed by atoms with Crippen LogP contribution >= 0.6 is 11.6 Å². The predicted molar refractivity (Wildman–Crippen MR) is 79.3 cm³/mol. The molecule has 0 aliphatic heterocycles. The summed E-state index contributed by atoms with van der Waals surface area (Å²) < 4.78 is 0. The van der Waals surface area contributed by atoms with Crippen molar-refractivity contribution in [2.45, 2.75) is 39.2 Å². The standard InChI is InChI=1S/C14H19ClN2O3/c1-4-14(5-2,12(18)19)17-13(20)16-11-9(3)7-6-8-10(11)15/h6-8H,4-5H2,1-3H3,(H,18,19)(H2,16,17,20). The number of carboxylic acid groups (broad SMARTS) is 1. The second-order valence-electron chi connectivity index (χ2n) is 4.61. The van der Waals surface area contributed by atoms with Gasteiger partial charge in [-0.2, -0.15) is 0 Å². The van der Waals surface area contributed by atoms with Crippen LogP contribution in [0.2, 0.25) is 5.02 Å². The third kappa shape index (κ3) is 3.42. The molecule has 1 aromatic rings. The maximum Gasteiger partial charge on any atom is 0.329 e. The van der Waals surface area contributed by atoms with E-state index in [1.807, 2.05) is 13.0 Å². The van der Waals surface area contributed by atoms with Gasteiger partial charge in [0.1, 0.15) is 5.54 Å². The molecule has 0 aliphatic carbocycles. The molecule has 1 rings (SSSR count). The highest BCUT2D eigenvalue weighted by molar-refractivity contribution is 6.33. The maximum atomic E-state index is 12.0. The lowest BCUT2D eigenvalue weighted by Crippen LogP contribution is -2.55. The van der Waals surface area contributed by atoms with Gasteiger partial charge < -0.3 is 15.7 Å². The van der Waals surface area contributed by atoms with Crippen molar-refractivity contribution < 1.29 is 14.7 Å². The Kier molecular flexibility index (Phi) is 5.39. The molecule has 0 saturated carbocycles. The second kappa shape index (κ2) is 6.61. The number of anilines is 1. The zero-order valence-corrected chi connectivity index (χ0v) is 12.5. The normalized spacial score (nSPS) is 11.0. The molecule has 0 unspecified atom stereocenters. The number of benzene rings is 1. The Morgan fingerprint density at radius 2 is 1.90 bits per heavy atom. The topological polar surface area (TPSA) is 78.4 Å². The van der Waals surface area contributed by atoms with Gasteiger partial charge in [-0.05, 0) is 31.4 Å². The Balaban J connectivity index is 2.89. The summed E-state index contributed by atoms with van der Waals surface area (Å²) in [5.74, 6) is -1.05. The quantitative estimate of drug-likeness (QED) is 0.779.